The fourth-order valence-corrected chi connectivity index (χ4v) is 1.38. The Morgan fingerprint density at radius 2 is 2.27 bits per heavy atom. The lowest BCUT2D eigenvalue weighted by atomic mass is 10.3. The zero-order valence-corrected chi connectivity index (χ0v) is 9.71. The topological polar surface area (TPSA) is 72.2 Å². The Labute approximate surface area is 98.7 Å². The van der Waals surface area contributed by atoms with Crippen LogP contribution in [0.2, 0.25) is 0 Å². The molecular weight excluding hydrogens is 287 g/mol. The van der Waals surface area contributed by atoms with Gasteiger partial charge < -0.3 is 5.32 Å². The third-order valence-electron chi connectivity index (χ3n) is 1.55. The van der Waals surface area contributed by atoms with Crippen molar-refractivity contribution in [2.75, 3.05) is 11.2 Å². The zero-order chi connectivity index (χ0) is 11.4. The molecule has 0 unspecified atom stereocenters. The van der Waals surface area contributed by atoms with Gasteiger partial charge >= 0.3 is 0 Å². The molecule has 1 aromatic rings. The molecule has 1 amide bonds. The van der Waals surface area contributed by atoms with Crippen molar-refractivity contribution < 1.29 is 9.72 Å². The smallest absolute Gasteiger partial charge is 0.285 e. The number of carbonyl (C=O) groups is 1. The lowest BCUT2D eigenvalue weighted by molar-refractivity contribution is -0.385. The van der Waals surface area contributed by atoms with E-state index < -0.39 is 10.8 Å². The van der Waals surface area contributed by atoms with E-state index in [2.05, 4.69) is 21.2 Å². The highest BCUT2D eigenvalue weighted by Crippen LogP contribution is 2.27. The van der Waals surface area contributed by atoms with E-state index in [4.69, 9.17) is 11.6 Å². The highest BCUT2D eigenvalue weighted by Gasteiger charge is 2.12. The van der Waals surface area contributed by atoms with Gasteiger partial charge in [0.05, 0.1) is 9.40 Å². The standard InChI is InChI=1S/C8H6BrClN2O3/c9-6-2-1-5(11-8(13)4-10)3-7(6)12(14)15/h1-3H,4H2,(H,11,13). The van der Waals surface area contributed by atoms with E-state index >= 15 is 0 Å². The number of nitrogens with one attached hydrogen (secondary N) is 1. The number of benzene rings is 1. The third-order valence-corrected chi connectivity index (χ3v) is 2.46. The number of nitrogens with zero attached hydrogens (tertiary/aromatic N) is 1. The second-order valence-corrected chi connectivity index (χ2v) is 3.73. The van der Waals surface area contributed by atoms with E-state index in [0.717, 1.165) is 0 Å². The predicted octanol–water partition coefficient (Wildman–Crippen LogP) is 2.53. The first-order valence-corrected chi connectivity index (χ1v) is 5.17. The van der Waals surface area contributed by atoms with Crippen LogP contribution in [0.15, 0.2) is 22.7 Å². The monoisotopic (exact) mass is 292 g/mol. The van der Waals surface area contributed by atoms with Crippen LogP contribution >= 0.6 is 27.5 Å². The third kappa shape index (κ3) is 3.17. The average Bonchev–Trinajstić information content (AvgIpc) is 2.20. The number of amides is 1. The van der Waals surface area contributed by atoms with E-state index in [-0.39, 0.29) is 11.6 Å². The Bertz CT molecular complexity index is 411. The summed E-state index contributed by atoms with van der Waals surface area (Å²) in [5, 5.41) is 13.0. The van der Waals surface area contributed by atoms with Crippen LogP contribution in [0.25, 0.3) is 0 Å². The van der Waals surface area contributed by atoms with Gasteiger partial charge in [-0.1, -0.05) is 0 Å². The quantitative estimate of drug-likeness (QED) is 0.529. The van der Waals surface area contributed by atoms with Gasteiger partial charge in [0, 0.05) is 11.8 Å². The number of hydrogen-bond donors (Lipinski definition) is 1. The van der Waals surface area contributed by atoms with Crippen LogP contribution in [0.3, 0.4) is 0 Å². The van der Waals surface area contributed by atoms with E-state index in [1.165, 1.54) is 12.1 Å². The maximum atomic E-state index is 10.9. The van der Waals surface area contributed by atoms with Crippen LogP contribution in [-0.2, 0) is 4.79 Å². The molecule has 80 valence electrons. The molecular formula is C8H6BrClN2O3. The minimum Gasteiger partial charge on any atom is -0.325 e. The second-order valence-electron chi connectivity index (χ2n) is 2.61. The summed E-state index contributed by atoms with van der Waals surface area (Å²) in [6, 6.07) is 4.29. The Morgan fingerprint density at radius 1 is 1.60 bits per heavy atom. The van der Waals surface area contributed by atoms with E-state index in [9.17, 15) is 14.9 Å². The van der Waals surface area contributed by atoms with Crippen molar-refractivity contribution in [3.8, 4) is 0 Å². The molecule has 1 rings (SSSR count). The molecule has 0 bridgehead atoms. The number of alkyl halides is 1. The summed E-state index contributed by atoms with van der Waals surface area (Å²) < 4.78 is 0.358. The van der Waals surface area contributed by atoms with Gasteiger partial charge in [-0.2, -0.15) is 0 Å². The highest BCUT2D eigenvalue weighted by molar-refractivity contribution is 9.10. The Kier molecular flexibility index (Phi) is 4.05. The number of anilines is 1. The summed E-state index contributed by atoms with van der Waals surface area (Å²) in [7, 11) is 0. The van der Waals surface area contributed by atoms with Gasteiger partial charge in [-0.25, -0.2) is 0 Å². The van der Waals surface area contributed by atoms with Crippen LogP contribution in [0.5, 0.6) is 0 Å². The fraction of sp³-hybridized carbons (Fsp3) is 0.125. The minimum atomic E-state index is -0.541. The average molecular weight is 294 g/mol. The second kappa shape index (κ2) is 5.09. The molecule has 7 heteroatoms. The molecule has 1 aromatic carbocycles. The van der Waals surface area contributed by atoms with E-state index in [0.29, 0.717) is 10.2 Å². The van der Waals surface area contributed by atoms with Gasteiger partial charge in [0.25, 0.3) is 5.69 Å². The number of nitro benzene ring substituents is 1. The molecule has 0 aliphatic rings. The van der Waals surface area contributed by atoms with Crippen LogP contribution in [-0.4, -0.2) is 16.7 Å². The van der Waals surface area contributed by atoms with Gasteiger partial charge in [-0.3, -0.25) is 14.9 Å². The summed E-state index contributed by atoms with van der Waals surface area (Å²) in [6.07, 6.45) is 0. The molecule has 0 heterocycles. The van der Waals surface area contributed by atoms with Crippen molar-refractivity contribution in [3.05, 3.63) is 32.8 Å². The summed E-state index contributed by atoms with van der Waals surface area (Å²) in [5.41, 5.74) is 0.234. The Morgan fingerprint density at radius 3 is 2.80 bits per heavy atom. The fourth-order valence-electron chi connectivity index (χ4n) is 0.925. The lowest BCUT2D eigenvalue weighted by Gasteiger charge is -2.03. The van der Waals surface area contributed by atoms with Gasteiger partial charge in [-0.05, 0) is 28.1 Å². The summed E-state index contributed by atoms with van der Waals surface area (Å²) in [6.45, 7) is 0. The molecule has 5 nitrogen and oxygen atoms in total. The number of nitro groups is 1. The van der Waals surface area contributed by atoms with Crippen molar-refractivity contribution in [2.45, 2.75) is 0 Å². The highest BCUT2D eigenvalue weighted by atomic mass is 79.9. The zero-order valence-electron chi connectivity index (χ0n) is 7.37. The van der Waals surface area contributed by atoms with Gasteiger partial charge in [0.15, 0.2) is 0 Å². The van der Waals surface area contributed by atoms with Crippen LogP contribution in [0.4, 0.5) is 11.4 Å². The van der Waals surface area contributed by atoms with Crippen molar-refractivity contribution in [3.63, 3.8) is 0 Å². The first-order valence-electron chi connectivity index (χ1n) is 3.84. The van der Waals surface area contributed by atoms with Crippen molar-refractivity contribution >= 4 is 44.8 Å². The first kappa shape index (κ1) is 11.9. The minimum absolute atomic E-state index is 0.109. The molecule has 0 saturated carbocycles. The summed E-state index contributed by atoms with van der Waals surface area (Å²) in [5.74, 6) is -0.600. The van der Waals surface area contributed by atoms with Gasteiger partial charge in [0.2, 0.25) is 5.91 Å². The molecule has 0 atom stereocenters. The van der Waals surface area contributed by atoms with Crippen LogP contribution in [0.1, 0.15) is 0 Å². The summed E-state index contributed by atoms with van der Waals surface area (Å²) >= 11 is 8.31. The van der Waals surface area contributed by atoms with Crippen molar-refractivity contribution in [1.82, 2.24) is 0 Å². The molecule has 0 aliphatic heterocycles. The van der Waals surface area contributed by atoms with Crippen molar-refractivity contribution in [2.24, 2.45) is 0 Å². The molecule has 1 N–H and O–H groups in total. The lowest BCUT2D eigenvalue weighted by Crippen LogP contribution is -2.12. The predicted molar refractivity (Wildman–Crippen MR) is 60.1 cm³/mol. The molecule has 0 aliphatic carbocycles. The van der Waals surface area contributed by atoms with E-state index in [1.807, 2.05) is 0 Å². The van der Waals surface area contributed by atoms with Gasteiger partial charge in [0.1, 0.15) is 5.88 Å². The number of rotatable bonds is 3. The van der Waals surface area contributed by atoms with E-state index in [1.54, 1.807) is 6.07 Å². The molecule has 0 radical (unpaired) electrons. The van der Waals surface area contributed by atoms with Crippen LogP contribution < -0.4 is 5.32 Å². The first-order chi connectivity index (χ1) is 7.04. The molecule has 0 saturated heterocycles. The Hall–Kier alpha value is -1.14. The number of hydrogen-bond acceptors (Lipinski definition) is 3. The molecule has 0 aromatic heterocycles. The SMILES string of the molecule is O=C(CCl)Nc1ccc(Br)c([N+](=O)[O-])c1. The van der Waals surface area contributed by atoms with Crippen LogP contribution in [0, 0.1) is 10.1 Å². The van der Waals surface area contributed by atoms with Gasteiger partial charge in [-0.15, -0.1) is 11.6 Å². The normalized spacial score (nSPS) is 9.73. The molecule has 0 spiro atoms. The maximum absolute atomic E-state index is 10.9. The van der Waals surface area contributed by atoms with Crippen molar-refractivity contribution in [1.29, 1.82) is 0 Å². The molecule has 0 fully saturated rings. The Balaban J connectivity index is 2.97. The summed E-state index contributed by atoms with van der Waals surface area (Å²) in [4.78, 5) is 20.9. The molecule has 15 heavy (non-hydrogen) atoms. The number of carbonyl (C=O) groups excluding carboxylic acids is 1. The maximum Gasteiger partial charge on any atom is 0.285 e. The largest absolute Gasteiger partial charge is 0.325 e. The number of halogens is 2.